The van der Waals surface area contributed by atoms with E-state index >= 15 is 0 Å². The molecule has 0 aliphatic heterocycles. The van der Waals surface area contributed by atoms with Crippen LogP contribution in [0.4, 0.5) is 13.2 Å². The summed E-state index contributed by atoms with van der Waals surface area (Å²) in [5, 5.41) is 21.0. The topological polar surface area (TPSA) is 80.9 Å². The van der Waals surface area contributed by atoms with Gasteiger partial charge in [-0.2, -0.15) is 8.78 Å². The second kappa shape index (κ2) is 8.33. The van der Waals surface area contributed by atoms with Crippen LogP contribution in [0.2, 0.25) is 0 Å². The highest BCUT2D eigenvalue weighted by molar-refractivity contribution is 6.13. The third-order valence-corrected chi connectivity index (χ3v) is 5.02. The minimum Gasteiger partial charge on any atom is -0.494 e. The third-order valence-electron chi connectivity index (χ3n) is 5.02. The summed E-state index contributed by atoms with van der Waals surface area (Å²) in [6.07, 6.45) is 0.935. The van der Waals surface area contributed by atoms with Crippen LogP contribution in [0, 0.1) is 5.82 Å². The lowest BCUT2D eigenvalue weighted by atomic mass is 10.0. The van der Waals surface area contributed by atoms with Crippen molar-refractivity contribution in [3.63, 3.8) is 0 Å². The van der Waals surface area contributed by atoms with Gasteiger partial charge in [-0.05, 0) is 24.6 Å². The summed E-state index contributed by atoms with van der Waals surface area (Å²) in [7, 11) is 0. The van der Waals surface area contributed by atoms with Crippen LogP contribution in [0.3, 0.4) is 0 Å². The van der Waals surface area contributed by atoms with Crippen molar-refractivity contribution >= 4 is 27.5 Å². The number of carbonyl (C=O) groups is 1. The fourth-order valence-corrected chi connectivity index (χ4v) is 3.75. The number of carboxylic acid groups (broad SMARTS) is 1. The number of rotatable bonds is 7. The number of benzene rings is 3. The summed E-state index contributed by atoms with van der Waals surface area (Å²) in [6.45, 7) is -1.11. The molecule has 9 heteroatoms. The van der Waals surface area contributed by atoms with E-state index < -0.39 is 30.7 Å². The first kappa shape index (κ1) is 21.4. The number of hydrogen-bond donors (Lipinski definition) is 2. The average molecular weight is 445 g/mol. The Morgan fingerprint density at radius 2 is 1.78 bits per heavy atom. The highest BCUT2D eigenvalue weighted by atomic mass is 19.3. The number of ether oxygens (including phenoxy) is 2. The predicted octanol–water partition coefficient (Wildman–Crippen LogP) is 5.26. The minimum atomic E-state index is -3.14. The lowest BCUT2D eigenvalue weighted by Gasteiger charge is -2.14. The van der Waals surface area contributed by atoms with E-state index in [1.54, 1.807) is 31.2 Å². The first-order valence-corrected chi connectivity index (χ1v) is 9.68. The predicted molar refractivity (Wildman–Crippen MR) is 112 cm³/mol. The summed E-state index contributed by atoms with van der Waals surface area (Å²) < 4.78 is 52.7. The maximum absolute atomic E-state index is 14.5. The fourth-order valence-electron chi connectivity index (χ4n) is 3.75. The molecule has 0 aliphatic carbocycles. The number of aromatic nitrogens is 1. The molecule has 0 unspecified atom stereocenters. The number of fused-ring (bicyclic) bond motifs is 2. The second-order valence-electron chi connectivity index (χ2n) is 6.97. The molecule has 6 nitrogen and oxygen atoms in total. The van der Waals surface area contributed by atoms with Crippen molar-refractivity contribution < 1.29 is 37.7 Å². The first-order chi connectivity index (χ1) is 15.3. The number of halogens is 3. The van der Waals surface area contributed by atoms with Crippen LogP contribution in [0.25, 0.3) is 27.2 Å². The highest BCUT2D eigenvalue weighted by Crippen LogP contribution is 2.48. The molecule has 0 bridgehead atoms. The van der Waals surface area contributed by atoms with E-state index in [1.807, 2.05) is 0 Å². The molecule has 0 fully saturated rings. The Labute approximate surface area is 180 Å². The van der Waals surface area contributed by atoms with Gasteiger partial charge >= 0.3 is 12.6 Å². The molecule has 0 saturated carbocycles. The van der Waals surface area contributed by atoms with Crippen LogP contribution in [-0.2, 0) is 11.2 Å². The summed E-state index contributed by atoms with van der Waals surface area (Å²) in [5.74, 6) is -2.29. The van der Waals surface area contributed by atoms with Crippen molar-refractivity contribution in [2.45, 2.75) is 20.0 Å². The van der Waals surface area contributed by atoms with E-state index in [-0.39, 0.29) is 29.0 Å². The zero-order chi connectivity index (χ0) is 23.0. The van der Waals surface area contributed by atoms with Crippen molar-refractivity contribution in [3.05, 3.63) is 60.0 Å². The Morgan fingerprint density at radius 1 is 1.09 bits per heavy atom. The van der Waals surface area contributed by atoms with Crippen molar-refractivity contribution in [1.82, 2.24) is 4.57 Å². The van der Waals surface area contributed by atoms with E-state index in [1.165, 1.54) is 22.9 Å². The molecule has 1 heterocycles. The zero-order valence-electron chi connectivity index (χ0n) is 16.8. The lowest BCUT2D eigenvalue weighted by Crippen LogP contribution is -2.04. The summed E-state index contributed by atoms with van der Waals surface area (Å²) >= 11 is 0. The SMILES string of the molecule is CCOc1c2ccccc2c(OC(F)F)c2c(O)n(-c3ccc(CC(=O)O)c(F)c3)cc12. The van der Waals surface area contributed by atoms with Gasteiger partial charge in [-0.25, -0.2) is 4.39 Å². The van der Waals surface area contributed by atoms with E-state index in [0.29, 0.717) is 21.9 Å². The number of hydrogen-bond acceptors (Lipinski definition) is 4. The summed E-state index contributed by atoms with van der Waals surface area (Å²) in [6, 6.07) is 10.4. The van der Waals surface area contributed by atoms with Crippen LogP contribution in [-0.4, -0.2) is 34.0 Å². The number of nitrogens with zero attached hydrogens (tertiary/aromatic N) is 1. The van der Waals surface area contributed by atoms with Gasteiger partial charge in [-0.15, -0.1) is 0 Å². The van der Waals surface area contributed by atoms with Crippen molar-refractivity contribution in [2.75, 3.05) is 6.61 Å². The normalized spacial score (nSPS) is 11.4. The van der Waals surface area contributed by atoms with Gasteiger partial charge in [0.1, 0.15) is 17.3 Å². The largest absolute Gasteiger partial charge is 0.494 e. The van der Waals surface area contributed by atoms with Gasteiger partial charge < -0.3 is 19.7 Å². The first-order valence-electron chi connectivity index (χ1n) is 9.68. The van der Waals surface area contributed by atoms with Gasteiger partial charge in [0.25, 0.3) is 0 Å². The number of aromatic hydroxyl groups is 1. The minimum absolute atomic E-state index is 0.0116. The molecule has 0 spiro atoms. The maximum Gasteiger partial charge on any atom is 0.387 e. The van der Waals surface area contributed by atoms with Gasteiger partial charge in [0.05, 0.1) is 29.5 Å². The molecule has 4 aromatic rings. The molecule has 0 radical (unpaired) electrons. The Balaban J connectivity index is 2.02. The van der Waals surface area contributed by atoms with E-state index in [9.17, 15) is 23.1 Å². The van der Waals surface area contributed by atoms with E-state index in [2.05, 4.69) is 0 Å². The molecule has 2 N–H and O–H groups in total. The van der Waals surface area contributed by atoms with Crippen LogP contribution >= 0.6 is 0 Å². The van der Waals surface area contributed by atoms with Gasteiger partial charge in [-0.1, -0.05) is 30.3 Å². The van der Waals surface area contributed by atoms with Gasteiger partial charge in [0.2, 0.25) is 5.88 Å². The fraction of sp³-hybridized carbons (Fsp3) is 0.174. The molecule has 1 aromatic heterocycles. The second-order valence-corrected chi connectivity index (χ2v) is 6.97. The molecule has 0 saturated heterocycles. The molecular weight excluding hydrogens is 427 g/mol. The van der Waals surface area contributed by atoms with Crippen LogP contribution in [0.1, 0.15) is 12.5 Å². The molecule has 166 valence electrons. The Morgan fingerprint density at radius 3 is 2.38 bits per heavy atom. The Kier molecular flexibility index (Phi) is 5.56. The maximum atomic E-state index is 14.5. The number of aliphatic carboxylic acids is 1. The van der Waals surface area contributed by atoms with E-state index in [0.717, 1.165) is 6.07 Å². The molecule has 32 heavy (non-hydrogen) atoms. The molecule has 0 amide bonds. The summed E-state index contributed by atoms with van der Waals surface area (Å²) in [5.41, 5.74) is 0.139. The van der Waals surface area contributed by atoms with Gasteiger partial charge in [0, 0.05) is 17.0 Å². The Bertz CT molecular complexity index is 1330. The van der Waals surface area contributed by atoms with Crippen molar-refractivity contribution in [1.29, 1.82) is 0 Å². The van der Waals surface area contributed by atoms with Crippen molar-refractivity contribution in [2.24, 2.45) is 0 Å². The zero-order valence-corrected chi connectivity index (χ0v) is 16.8. The quantitative estimate of drug-likeness (QED) is 0.406. The number of carboxylic acids is 1. The third kappa shape index (κ3) is 3.66. The Hall–Kier alpha value is -3.88. The van der Waals surface area contributed by atoms with Gasteiger partial charge in [-0.3, -0.25) is 9.36 Å². The van der Waals surface area contributed by atoms with Crippen LogP contribution < -0.4 is 9.47 Å². The smallest absolute Gasteiger partial charge is 0.387 e. The lowest BCUT2D eigenvalue weighted by molar-refractivity contribution is -0.136. The molecule has 4 rings (SSSR count). The monoisotopic (exact) mass is 445 g/mol. The molecular formula is C23H18F3NO5. The van der Waals surface area contributed by atoms with Crippen LogP contribution in [0.5, 0.6) is 17.4 Å². The molecule has 0 aliphatic rings. The molecule has 3 aromatic carbocycles. The standard InChI is InChI=1S/C23H18F3NO5/c1-2-31-20-14-5-3-4-6-15(14)21(32-23(25)26)19-16(20)11-27(22(19)30)13-8-7-12(9-18(28)29)17(24)10-13/h3-8,10-11,23,30H,2,9H2,1H3,(H,28,29). The summed E-state index contributed by atoms with van der Waals surface area (Å²) in [4.78, 5) is 10.9. The highest BCUT2D eigenvalue weighted by Gasteiger charge is 2.25. The molecule has 0 atom stereocenters. The van der Waals surface area contributed by atoms with Crippen LogP contribution in [0.15, 0.2) is 48.7 Å². The van der Waals surface area contributed by atoms with Gasteiger partial charge in [0.15, 0.2) is 0 Å². The number of alkyl halides is 2. The van der Waals surface area contributed by atoms with Crippen molar-refractivity contribution in [3.8, 4) is 23.1 Å². The van der Waals surface area contributed by atoms with E-state index in [4.69, 9.17) is 14.6 Å². The average Bonchev–Trinajstić information content (AvgIpc) is 3.08.